The Bertz CT molecular complexity index is 604. The first-order chi connectivity index (χ1) is 11.0. The van der Waals surface area contributed by atoms with E-state index in [1.165, 1.54) is 0 Å². The quantitative estimate of drug-likeness (QED) is 0.811. The molecule has 0 bridgehead atoms. The minimum atomic E-state index is -0.113. The van der Waals surface area contributed by atoms with E-state index in [0.717, 1.165) is 18.7 Å². The first-order valence-electron chi connectivity index (χ1n) is 7.98. The van der Waals surface area contributed by atoms with Gasteiger partial charge in [-0.1, -0.05) is 18.2 Å². The highest BCUT2D eigenvalue weighted by atomic mass is 16.2. The molecule has 0 spiro atoms. The summed E-state index contributed by atoms with van der Waals surface area (Å²) in [6.07, 6.45) is 1.67. The highest BCUT2D eigenvalue weighted by molar-refractivity contribution is 5.95. The molecule has 2 rings (SSSR count). The monoisotopic (exact) mass is 313 g/mol. The Hall–Kier alpha value is -2.35. The van der Waals surface area contributed by atoms with Crippen LogP contribution >= 0.6 is 0 Å². The van der Waals surface area contributed by atoms with Gasteiger partial charge in [-0.15, -0.1) is 0 Å². The van der Waals surface area contributed by atoms with Crippen LogP contribution < -0.4 is 4.90 Å². The molecule has 0 aliphatic carbocycles. The van der Waals surface area contributed by atoms with Gasteiger partial charge in [-0.3, -0.25) is 9.59 Å². The van der Waals surface area contributed by atoms with Gasteiger partial charge < -0.3 is 9.80 Å². The van der Waals surface area contributed by atoms with Crippen LogP contribution in [0.3, 0.4) is 0 Å². The average Bonchev–Trinajstić information content (AvgIpc) is 2.53. The maximum absolute atomic E-state index is 12.5. The van der Waals surface area contributed by atoms with Gasteiger partial charge in [0.1, 0.15) is 0 Å². The molecule has 0 atom stereocenters. The summed E-state index contributed by atoms with van der Waals surface area (Å²) in [5.41, 5.74) is 0.685. The maximum Gasteiger partial charge on any atom is 0.227 e. The summed E-state index contributed by atoms with van der Waals surface area (Å²) in [4.78, 5) is 28.1. The number of benzene rings is 1. The summed E-state index contributed by atoms with van der Waals surface area (Å²) >= 11 is 0. The van der Waals surface area contributed by atoms with Crippen LogP contribution in [0.2, 0.25) is 0 Å². The zero-order valence-electron chi connectivity index (χ0n) is 13.8. The predicted octanol–water partition coefficient (Wildman–Crippen LogP) is 2.72. The lowest BCUT2D eigenvalue weighted by molar-refractivity contribution is -0.145. The number of carbonyl (C=O) groups is 2. The van der Waals surface area contributed by atoms with Crippen molar-refractivity contribution in [3.63, 3.8) is 0 Å². The summed E-state index contributed by atoms with van der Waals surface area (Å²) in [5, 5.41) is 8.78. The van der Waals surface area contributed by atoms with Crippen LogP contribution in [0.25, 0.3) is 0 Å². The number of hydrogen-bond acceptors (Lipinski definition) is 3. The van der Waals surface area contributed by atoms with Crippen molar-refractivity contribution in [3.8, 4) is 6.07 Å². The number of likely N-dealkylation sites (tertiary alicyclic amines) is 1. The van der Waals surface area contributed by atoms with Crippen molar-refractivity contribution in [2.24, 2.45) is 0 Å². The number of carbonyl (C=O) groups excluding carboxylic acids is 2. The van der Waals surface area contributed by atoms with Crippen molar-refractivity contribution in [2.45, 2.75) is 45.1 Å². The zero-order chi connectivity index (χ0) is 16.9. The second-order valence-corrected chi connectivity index (χ2v) is 6.40. The molecule has 1 aromatic carbocycles. The van der Waals surface area contributed by atoms with Gasteiger partial charge in [0, 0.05) is 37.2 Å². The number of para-hydroxylation sites is 1. The van der Waals surface area contributed by atoms with Crippen molar-refractivity contribution in [2.75, 3.05) is 18.0 Å². The minimum absolute atomic E-state index is 0.0305. The van der Waals surface area contributed by atoms with E-state index < -0.39 is 0 Å². The number of nitriles is 1. The molecule has 0 N–H and O–H groups in total. The minimum Gasteiger partial charge on any atom is -0.337 e. The van der Waals surface area contributed by atoms with Crippen molar-refractivity contribution in [1.82, 2.24) is 4.90 Å². The summed E-state index contributed by atoms with van der Waals surface area (Å²) < 4.78 is 0. The van der Waals surface area contributed by atoms with Gasteiger partial charge in [0.25, 0.3) is 0 Å². The second kappa shape index (κ2) is 7.28. The molecule has 5 nitrogen and oxygen atoms in total. The Morgan fingerprint density at radius 2 is 1.96 bits per heavy atom. The lowest BCUT2D eigenvalue weighted by Gasteiger charge is -2.48. The third-order valence-corrected chi connectivity index (χ3v) is 4.35. The first-order valence-corrected chi connectivity index (χ1v) is 7.98. The van der Waals surface area contributed by atoms with Crippen LogP contribution in [0.1, 0.15) is 39.5 Å². The number of hydrogen-bond donors (Lipinski definition) is 0. The topological polar surface area (TPSA) is 64.4 Å². The lowest BCUT2D eigenvalue weighted by Crippen LogP contribution is -2.58. The van der Waals surface area contributed by atoms with E-state index in [1.54, 1.807) is 4.90 Å². The Morgan fingerprint density at radius 1 is 1.26 bits per heavy atom. The van der Waals surface area contributed by atoms with E-state index in [1.807, 2.05) is 49.1 Å². The van der Waals surface area contributed by atoms with E-state index in [-0.39, 0.29) is 36.6 Å². The van der Waals surface area contributed by atoms with Crippen molar-refractivity contribution < 1.29 is 9.59 Å². The molecule has 1 aliphatic rings. The van der Waals surface area contributed by atoms with E-state index in [0.29, 0.717) is 6.54 Å². The molecule has 1 aromatic rings. The molecular formula is C18H23N3O2. The molecule has 122 valence electrons. The van der Waals surface area contributed by atoms with Gasteiger partial charge in [0.15, 0.2) is 0 Å². The molecule has 0 radical (unpaired) electrons. The summed E-state index contributed by atoms with van der Waals surface area (Å²) in [6.45, 7) is 5.21. The molecule has 0 saturated carbocycles. The highest BCUT2D eigenvalue weighted by Gasteiger charge is 2.38. The number of amides is 2. The fraction of sp³-hybridized carbons (Fsp3) is 0.500. The fourth-order valence-electron chi connectivity index (χ4n) is 2.78. The molecule has 1 saturated heterocycles. The number of nitrogens with zero attached hydrogens (tertiary/aromatic N) is 3. The molecule has 5 heteroatoms. The van der Waals surface area contributed by atoms with Crippen molar-refractivity contribution in [3.05, 3.63) is 30.3 Å². The summed E-state index contributed by atoms with van der Waals surface area (Å²) in [5.74, 6) is -0.0824. The Kier molecular flexibility index (Phi) is 5.38. The molecule has 1 heterocycles. The van der Waals surface area contributed by atoms with E-state index >= 15 is 0 Å². The average molecular weight is 313 g/mol. The van der Waals surface area contributed by atoms with Crippen LogP contribution in [-0.4, -0.2) is 35.3 Å². The zero-order valence-corrected chi connectivity index (χ0v) is 13.8. The van der Waals surface area contributed by atoms with E-state index in [2.05, 4.69) is 6.07 Å². The van der Waals surface area contributed by atoms with Crippen LogP contribution in [0, 0.1) is 11.3 Å². The van der Waals surface area contributed by atoms with Crippen molar-refractivity contribution >= 4 is 17.5 Å². The van der Waals surface area contributed by atoms with Crippen LogP contribution in [-0.2, 0) is 9.59 Å². The Balaban J connectivity index is 1.96. The molecular weight excluding hydrogens is 290 g/mol. The van der Waals surface area contributed by atoms with Crippen LogP contribution in [0.4, 0.5) is 5.69 Å². The van der Waals surface area contributed by atoms with Crippen LogP contribution in [0.5, 0.6) is 0 Å². The second-order valence-electron chi connectivity index (χ2n) is 6.40. The van der Waals surface area contributed by atoms with Crippen molar-refractivity contribution in [1.29, 1.82) is 5.26 Å². The number of rotatable bonds is 6. The standard InChI is InChI=1S/C18H23N3O2/c1-18(2)11-14-21(18)17(23)10-9-16(22)20(13-6-12-19)15-7-4-3-5-8-15/h3-5,7-8H,6,9-11,13-14H2,1-2H3. The largest absolute Gasteiger partial charge is 0.337 e. The predicted molar refractivity (Wildman–Crippen MR) is 88.7 cm³/mol. The Labute approximate surface area is 137 Å². The van der Waals surface area contributed by atoms with Gasteiger partial charge in [-0.25, -0.2) is 0 Å². The van der Waals surface area contributed by atoms with Gasteiger partial charge in [-0.2, -0.15) is 5.26 Å². The third kappa shape index (κ3) is 4.10. The van der Waals surface area contributed by atoms with E-state index in [4.69, 9.17) is 5.26 Å². The molecule has 0 unspecified atom stereocenters. The summed E-state index contributed by atoms with van der Waals surface area (Å²) in [7, 11) is 0. The normalized spacial score (nSPS) is 15.4. The molecule has 1 aliphatic heterocycles. The summed E-state index contributed by atoms with van der Waals surface area (Å²) in [6, 6.07) is 11.3. The molecule has 2 amide bonds. The van der Waals surface area contributed by atoms with Gasteiger partial charge in [0.05, 0.1) is 12.5 Å². The fourth-order valence-corrected chi connectivity index (χ4v) is 2.78. The SMILES string of the molecule is CC1(C)CCN1C(=O)CCC(=O)N(CCC#N)c1ccccc1. The van der Waals surface area contributed by atoms with Gasteiger partial charge >= 0.3 is 0 Å². The smallest absolute Gasteiger partial charge is 0.227 e. The molecule has 0 aromatic heterocycles. The number of anilines is 1. The molecule has 1 fully saturated rings. The molecule has 23 heavy (non-hydrogen) atoms. The maximum atomic E-state index is 12.5. The highest BCUT2D eigenvalue weighted by Crippen LogP contribution is 2.30. The lowest BCUT2D eigenvalue weighted by atomic mass is 9.88. The van der Waals surface area contributed by atoms with Gasteiger partial charge in [0.2, 0.25) is 11.8 Å². The van der Waals surface area contributed by atoms with Gasteiger partial charge in [-0.05, 0) is 32.4 Å². The first kappa shape index (κ1) is 17.0. The van der Waals surface area contributed by atoms with Crippen LogP contribution in [0.15, 0.2) is 30.3 Å². The van der Waals surface area contributed by atoms with E-state index in [9.17, 15) is 9.59 Å². The Morgan fingerprint density at radius 3 is 2.48 bits per heavy atom. The third-order valence-electron chi connectivity index (χ3n) is 4.35.